The largest absolute Gasteiger partial charge is 0.313 e. The molecular weight excluding hydrogens is 326 g/mol. The molecule has 0 saturated heterocycles. The Hall–Kier alpha value is -0.580. The van der Waals surface area contributed by atoms with Gasteiger partial charge in [-0.2, -0.15) is 5.26 Å². The zero-order chi connectivity index (χ0) is 10.8. The van der Waals surface area contributed by atoms with Crippen LogP contribution in [0.1, 0.15) is 16.7 Å². The van der Waals surface area contributed by atoms with Gasteiger partial charge in [-0.1, -0.05) is 11.6 Å². The van der Waals surface area contributed by atoms with Crippen LogP contribution in [0.5, 0.6) is 0 Å². The molecule has 0 amide bonds. The fraction of sp³-hybridized carbons (Fsp3) is 0.333. The number of hydrogen-bond acceptors (Lipinski definition) is 4. The average Bonchev–Trinajstić information content (AvgIpc) is 2.28. The third kappa shape index (κ3) is 1.89. The van der Waals surface area contributed by atoms with Gasteiger partial charge >= 0.3 is 0 Å². The van der Waals surface area contributed by atoms with Crippen molar-refractivity contribution in [1.82, 2.24) is 10.3 Å². The van der Waals surface area contributed by atoms with Crippen LogP contribution in [0.15, 0.2) is 0 Å². The maximum atomic E-state index is 9.01. The summed E-state index contributed by atoms with van der Waals surface area (Å²) in [7, 11) is 0. The molecule has 0 unspecified atom stereocenters. The highest BCUT2D eigenvalue weighted by atomic mass is 127. The highest BCUT2D eigenvalue weighted by Gasteiger charge is 2.20. The SMILES string of the molecule is N#Cc1c(Cl)nc(NI)c2c1CNCC2. The normalized spacial score (nSPS) is 14.2. The van der Waals surface area contributed by atoms with E-state index in [9.17, 15) is 0 Å². The van der Waals surface area contributed by atoms with Crippen molar-refractivity contribution in [3.05, 3.63) is 21.8 Å². The second-order valence-corrected chi connectivity index (χ2v) is 4.11. The Morgan fingerprint density at radius 1 is 1.53 bits per heavy atom. The summed E-state index contributed by atoms with van der Waals surface area (Å²) in [6.07, 6.45) is 0.875. The van der Waals surface area contributed by atoms with Gasteiger partial charge in [-0.15, -0.1) is 0 Å². The van der Waals surface area contributed by atoms with Crippen LogP contribution in [0.3, 0.4) is 0 Å². The van der Waals surface area contributed by atoms with E-state index in [0.29, 0.717) is 12.1 Å². The van der Waals surface area contributed by atoms with Gasteiger partial charge in [0.05, 0.1) is 28.4 Å². The molecule has 0 spiro atoms. The quantitative estimate of drug-likeness (QED) is 0.469. The molecule has 6 heteroatoms. The molecule has 0 radical (unpaired) electrons. The smallest absolute Gasteiger partial charge is 0.149 e. The van der Waals surface area contributed by atoms with Crippen LogP contribution in [0.25, 0.3) is 0 Å². The van der Waals surface area contributed by atoms with Crippen molar-refractivity contribution in [3.63, 3.8) is 0 Å². The van der Waals surface area contributed by atoms with Crippen LogP contribution in [0.4, 0.5) is 5.82 Å². The molecule has 1 aromatic rings. The van der Waals surface area contributed by atoms with E-state index < -0.39 is 0 Å². The first kappa shape index (κ1) is 10.9. The highest BCUT2D eigenvalue weighted by Crippen LogP contribution is 2.29. The minimum absolute atomic E-state index is 0.277. The lowest BCUT2D eigenvalue weighted by molar-refractivity contribution is 0.641. The number of anilines is 1. The summed E-state index contributed by atoms with van der Waals surface area (Å²) in [5.41, 5.74) is 2.57. The number of fused-ring (bicyclic) bond motifs is 1. The summed E-state index contributed by atoms with van der Waals surface area (Å²) in [5, 5.41) is 12.5. The van der Waals surface area contributed by atoms with Gasteiger partial charge < -0.3 is 8.85 Å². The minimum atomic E-state index is 0.277. The number of nitrogens with zero attached hydrogens (tertiary/aromatic N) is 2. The van der Waals surface area contributed by atoms with E-state index >= 15 is 0 Å². The van der Waals surface area contributed by atoms with Crippen molar-refractivity contribution in [2.75, 3.05) is 10.1 Å². The molecule has 78 valence electrons. The predicted molar refractivity (Wildman–Crippen MR) is 67.0 cm³/mol. The Labute approximate surface area is 107 Å². The lowest BCUT2D eigenvalue weighted by Gasteiger charge is -2.20. The van der Waals surface area contributed by atoms with E-state index in [0.717, 1.165) is 29.9 Å². The molecule has 0 fully saturated rings. The number of hydrogen-bond donors (Lipinski definition) is 2. The molecular formula is C9H8ClIN4. The van der Waals surface area contributed by atoms with Crippen molar-refractivity contribution in [1.29, 1.82) is 5.26 Å². The zero-order valence-electron chi connectivity index (χ0n) is 7.77. The standard InChI is InChI=1S/C9H8ClIN4/c10-8-6(3-12)7-4-13-2-1-5(7)9(14-8)15-11/h13H,1-2,4H2,(H,14,15). The van der Waals surface area contributed by atoms with Crippen molar-refractivity contribution in [2.45, 2.75) is 13.0 Å². The Morgan fingerprint density at radius 3 is 3.00 bits per heavy atom. The number of pyridine rings is 1. The van der Waals surface area contributed by atoms with Crippen LogP contribution in [0, 0.1) is 11.3 Å². The molecule has 0 bridgehead atoms. The third-order valence-electron chi connectivity index (χ3n) is 2.42. The van der Waals surface area contributed by atoms with E-state index in [4.69, 9.17) is 16.9 Å². The van der Waals surface area contributed by atoms with Gasteiger partial charge in [0, 0.05) is 12.1 Å². The van der Waals surface area contributed by atoms with Gasteiger partial charge in [0.1, 0.15) is 17.0 Å². The van der Waals surface area contributed by atoms with Gasteiger partial charge in [0.15, 0.2) is 0 Å². The van der Waals surface area contributed by atoms with E-state index in [1.165, 1.54) is 0 Å². The van der Waals surface area contributed by atoms with Crippen LogP contribution >= 0.6 is 34.5 Å². The van der Waals surface area contributed by atoms with Crippen molar-refractivity contribution in [3.8, 4) is 6.07 Å². The van der Waals surface area contributed by atoms with E-state index in [1.54, 1.807) is 0 Å². The maximum absolute atomic E-state index is 9.01. The number of rotatable bonds is 1. The molecule has 2 rings (SSSR count). The monoisotopic (exact) mass is 334 g/mol. The molecule has 0 saturated carbocycles. The summed E-state index contributed by atoms with van der Waals surface area (Å²) in [5.74, 6) is 0.774. The Bertz CT molecular complexity index is 441. The molecule has 2 heterocycles. The molecule has 2 N–H and O–H groups in total. The van der Waals surface area contributed by atoms with Gasteiger partial charge in [-0.3, -0.25) is 0 Å². The fourth-order valence-electron chi connectivity index (χ4n) is 1.72. The van der Waals surface area contributed by atoms with Crippen molar-refractivity contribution >= 4 is 40.3 Å². The fourth-order valence-corrected chi connectivity index (χ4v) is 2.41. The first-order valence-corrected chi connectivity index (χ1v) is 5.92. The first-order chi connectivity index (χ1) is 7.27. The lowest BCUT2D eigenvalue weighted by atomic mass is 9.98. The van der Waals surface area contributed by atoms with Crippen LogP contribution in [-0.2, 0) is 13.0 Å². The average molecular weight is 335 g/mol. The summed E-state index contributed by atoms with van der Waals surface area (Å²) in [6.45, 7) is 1.60. The second-order valence-electron chi connectivity index (χ2n) is 3.22. The Balaban J connectivity index is 2.66. The third-order valence-corrected chi connectivity index (χ3v) is 3.21. The number of aromatic nitrogens is 1. The molecule has 0 aromatic carbocycles. The molecule has 1 aliphatic heterocycles. The predicted octanol–water partition coefficient (Wildman–Crippen LogP) is 2.01. The lowest BCUT2D eigenvalue weighted by Crippen LogP contribution is -2.25. The van der Waals surface area contributed by atoms with Crippen LogP contribution < -0.4 is 8.85 Å². The van der Waals surface area contributed by atoms with E-state index in [1.807, 2.05) is 22.9 Å². The maximum Gasteiger partial charge on any atom is 0.149 e. The molecule has 15 heavy (non-hydrogen) atoms. The van der Waals surface area contributed by atoms with Crippen LogP contribution in [0.2, 0.25) is 5.15 Å². The summed E-state index contributed by atoms with van der Waals surface area (Å²) < 4.78 is 2.98. The number of nitrogens with one attached hydrogen (secondary N) is 2. The van der Waals surface area contributed by atoms with Gasteiger partial charge in [0.25, 0.3) is 0 Å². The number of nitriles is 1. The van der Waals surface area contributed by atoms with Gasteiger partial charge in [-0.25, -0.2) is 4.98 Å². The molecule has 4 nitrogen and oxygen atoms in total. The molecule has 1 aliphatic rings. The van der Waals surface area contributed by atoms with E-state index in [2.05, 4.69) is 19.9 Å². The minimum Gasteiger partial charge on any atom is -0.313 e. The summed E-state index contributed by atoms with van der Waals surface area (Å²) >= 11 is 7.97. The summed E-state index contributed by atoms with van der Waals surface area (Å²) in [6, 6.07) is 2.11. The Kier molecular flexibility index (Phi) is 3.29. The van der Waals surface area contributed by atoms with Crippen molar-refractivity contribution in [2.24, 2.45) is 0 Å². The molecule has 1 aromatic heterocycles. The van der Waals surface area contributed by atoms with Crippen molar-refractivity contribution < 1.29 is 0 Å². The second kappa shape index (κ2) is 4.51. The van der Waals surface area contributed by atoms with Gasteiger partial charge in [0.2, 0.25) is 0 Å². The summed E-state index contributed by atoms with van der Waals surface area (Å²) in [4.78, 5) is 4.17. The Morgan fingerprint density at radius 2 is 2.33 bits per heavy atom. The van der Waals surface area contributed by atoms with Crippen LogP contribution in [-0.4, -0.2) is 11.5 Å². The molecule has 0 aliphatic carbocycles. The number of halogens is 2. The first-order valence-electron chi connectivity index (χ1n) is 4.46. The molecule has 0 atom stereocenters. The topological polar surface area (TPSA) is 60.7 Å². The zero-order valence-corrected chi connectivity index (χ0v) is 10.7. The highest BCUT2D eigenvalue weighted by molar-refractivity contribution is 14.1. The van der Waals surface area contributed by atoms with E-state index in [-0.39, 0.29) is 5.15 Å². The van der Waals surface area contributed by atoms with Gasteiger partial charge in [-0.05, 0) is 18.5 Å².